The second-order valence-electron chi connectivity index (χ2n) is 4.81. The number of hydrogen-bond acceptors (Lipinski definition) is 3. The summed E-state index contributed by atoms with van der Waals surface area (Å²) in [6.45, 7) is 0. The van der Waals surface area contributed by atoms with E-state index in [0.717, 1.165) is 10.4 Å². The van der Waals surface area contributed by atoms with Crippen LogP contribution in [0.25, 0.3) is 11.0 Å². The molecular weight excluding hydrogens is 371 g/mol. The number of aromatic amines is 1. The molecule has 3 rings (SSSR count). The first-order chi connectivity index (χ1) is 11.5. The van der Waals surface area contributed by atoms with Gasteiger partial charge in [0.25, 0.3) is 0 Å². The summed E-state index contributed by atoms with van der Waals surface area (Å²) < 4.78 is 1.02. The van der Waals surface area contributed by atoms with E-state index in [0.29, 0.717) is 11.0 Å². The van der Waals surface area contributed by atoms with Gasteiger partial charge in [-0.3, -0.25) is 15.0 Å². The summed E-state index contributed by atoms with van der Waals surface area (Å²) in [5.74, 6) is 0. The first kappa shape index (κ1) is 16.5. The highest BCUT2D eigenvalue weighted by molar-refractivity contribution is 7.80. The summed E-state index contributed by atoms with van der Waals surface area (Å²) in [6, 6.07) is 12.1. The maximum absolute atomic E-state index is 12.2. The third kappa shape index (κ3) is 3.28. The molecule has 0 aliphatic rings. The number of halogens is 2. The predicted molar refractivity (Wildman–Crippen MR) is 101 cm³/mol. The van der Waals surface area contributed by atoms with Gasteiger partial charge in [0.15, 0.2) is 5.11 Å². The van der Waals surface area contributed by atoms with E-state index >= 15 is 0 Å². The Balaban J connectivity index is 2.03. The van der Waals surface area contributed by atoms with Crippen molar-refractivity contribution in [2.75, 3.05) is 10.7 Å². The monoisotopic (exact) mass is 380 g/mol. The topological polar surface area (TPSA) is 78.9 Å². The lowest BCUT2D eigenvalue weighted by Crippen LogP contribution is -2.43. The van der Waals surface area contributed by atoms with Gasteiger partial charge < -0.3 is 10.3 Å². The summed E-state index contributed by atoms with van der Waals surface area (Å²) in [6.07, 6.45) is 0. The number of thiocarbonyl (C=S) groups is 1. The zero-order chi connectivity index (χ0) is 17.3. The Labute approximate surface area is 151 Å². The van der Waals surface area contributed by atoms with Gasteiger partial charge in [-0.25, -0.2) is 4.68 Å². The molecule has 122 valence electrons. The van der Waals surface area contributed by atoms with Gasteiger partial charge in [0.05, 0.1) is 21.1 Å². The van der Waals surface area contributed by atoms with Crippen LogP contribution in [0, 0.1) is 0 Å². The smallest absolute Gasteiger partial charge is 0.331 e. The Kier molecular flexibility index (Phi) is 4.57. The summed E-state index contributed by atoms with van der Waals surface area (Å²) in [5, 5.41) is 3.56. The van der Waals surface area contributed by atoms with Crippen molar-refractivity contribution in [3.63, 3.8) is 0 Å². The zero-order valence-corrected chi connectivity index (χ0v) is 14.3. The number of anilines is 1. The van der Waals surface area contributed by atoms with Crippen molar-refractivity contribution in [2.45, 2.75) is 0 Å². The van der Waals surface area contributed by atoms with Crippen molar-refractivity contribution in [3.8, 4) is 0 Å². The molecule has 9 heteroatoms. The fourth-order valence-electron chi connectivity index (χ4n) is 2.10. The van der Waals surface area contributed by atoms with E-state index in [4.69, 9.17) is 35.4 Å². The van der Waals surface area contributed by atoms with Gasteiger partial charge in [0.1, 0.15) is 0 Å². The van der Waals surface area contributed by atoms with Crippen LogP contribution in [0.2, 0.25) is 10.0 Å². The lowest BCUT2D eigenvalue weighted by atomic mass is 10.3. The first-order valence-corrected chi connectivity index (χ1v) is 7.89. The second-order valence-corrected chi connectivity index (χ2v) is 6.03. The van der Waals surface area contributed by atoms with Crippen LogP contribution in [0.15, 0.2) is 52.1 Å². The van der Waals surface area contributed by atoms with E-state index in [1.165, 1.54) is 12.1 Å². The molecule has 0 saturated heterocycles. The van der Waals surface area contributed by atoms with E-state index < -0.39 is 11.1 Å². The Morgan fingerprint density at radius 3 is 2.46 bits per heavy atom. The highest BCUT2D eigenvalue weighted by atomic mass is 35.5. The molecule has 2 aromatic carbocycles. The Hall–Kier alpha value is -2.35. The number of hydrogen-bond donors (Lipinski definition) is 3. The number of aromatic nitrogens is 2. The zero-order valence-electron chi connectivity index (χ0n) is 12.0. The molecule has 0 fully saturated rings. The molecule has 6 nitrogen and oxygen atoms in total. The molecule has 0 aliphatic carbocycles. The molecule has 3 N–H and O–H groups in total. The maximum atomic E-state index is 12.2. The number of H-pyrrole nitrogens is 1. The van der Waals surface area contributed by atoms with Crippen molar-refractivity contribution in [2.24, 2.45) is 0 Å². The SMILES string of the molecule is O=c1[nH]c2cc(Cl)c(Cl)cc2n(NC(=S)Nc2ccccc2)c1=O. The van der Waals surface area contributed by atoms with Gasteiger partial charge in [0.2, 0.25) is 0 Å². The van der Waals surface area contributed by atoms with Gasteiger partial charge >= 0.3 is 11.1 Å². The minimum absolute atomic E-state index is 0.140. The minimum atomic E-state index is -0.821. The lowest BCUT2D eigenvalue weighted by molar-refractivity contribution is 0.925. The minimum Gasteiger partial charge on any atom is -0.331 e. The first-order valence-electron chi connectivity index (χ1n) is 6.73. The second kappa shape index (κ2) is 6.64. The molecular formula is C15H10Cl2N4O2S. The van der Waals surface area contributed by atoms with Crippen LogP contribution >= 0.6 is 35.4 Å². The van der Waals surface area contributed by atoms with Gasteiger partial charge in [-0.15, -0.1) is 0 Å². The van der Waals surface area contributed by atoms with Crippen LogP contribution in [-0.4, -0.2) is 14.8 Å². The number of para-hydroxylation sites is 1. The largest absolute Gasteiger partial charge is 0.335 e. The molecule has 0 radical (unpaired) electrons. The number of fused-ring (bicyclic) bond motifs is 1. The maximum Gasteiger partial charge on any atom is 0.335 e. The van der Waals surface area contributed by atoms with E-state index in [1.807, 2.05) is 30.3 Å². The number of nitrogens with one attached hydrogen (secondary N) is 3. The van der Waals surface area contributed by atoms with Crippen molar-refractivity contribution < 1.29 is 0 Å². The average molecular weight is 381 g/mol. The van der Waals surface area contributed by atoms with Gasteiger partial charge in [-0.1, -0.05) is 41.4 Å². The van der Waals surface area contributed by atoms with Crippen LogP contribution in [0.4, 0.5) is 5.69 Å². The fraction of sp³-hybridized carbons (Fsp3) is 0. The molecule has 0 amide bonds. The van der Waals surface area contributed by atoms with E-state index in [1.54, 1.807) is 0 Å². The molecule has 0 spiro atoms. The summed E-state index contributed by atoms with van der Waals surface area (Å²) in [5.41, 5.74) is 2.49. The van der Waals surface area contributed by atoms with Crippen molar-refractivity contribution in [3.05, 3.63) is 73.2 Å². The van der Waals surface area contributed by atoms with Crippen molar-refractivity contribution >= 4 is 57.3 Å². The summed E-state index contributed by atoms with van der Waals surface area (Å²) in [7, 11) is 0. The summed E-state index contributed by atoms with van der Waals surface area (Å²) >= 11 is 17.1. The van der Waals surface area contributed by atoms with Crippen LogP contribution in [-0.2, 0) is 0 Å². The molecule has 0 saturated carbocycles. The van der Waals surface area contributed by atoms with Crippen LogP contribution in [0.1, 0.15) is 0 Å². The molecule has 1 heterocycles. The average Bonchev–Trinajstić information content (AvgIpc) is 2.55. The number of rotatable bonds is 2. The highest BCUT2D eigenvalue weighted by Crippen LogP contribution is 2.25. The van der Waals surface area contributed by atoms with Crippen LogP contribution in [0.3, 0.4) is 0 Å². The predicted octanol–water partition coefficient (Wildman–Crippen LogP) is 2.94. The molecule has 0 unspecified atom stereocenters. The Morgan fingerprint density at radius 2 is 1.75 bits per heavy atom. The normalized spacial score (nSPS) is 10.6. The van der Waals surface area contributed by atoms with Crippen molar-refractivity contribution in [1.82, 2.24) is 9.66 Å². The quantitative estimate of drug-likeness (QED) is 0.470. The molecule has 0 atom stereocenters. The third-order valence-corrected chi connectivity index (χ3v) is 4.09. The Morgan fingerprint density at radius 1 is 1.08 bits per heavy atom. The Bertz CT molecular complexity index is 1050. The standard InChI is InChI=1S/C15H10Cl2N4O2S/c16-9-6-11-12(7-10(9)17)21(14(23)13(22)19-11)20-15(24)18-8-4-2-1-3-5-8/h1-7H,(H,19,22)(H2,18,20,24). The van der Waals surface area contributed by atoms with Crippen molar-refractivity contribution in [1.29, 1.82) is 0 Å². The molecule has 24 heavy (non-hydrogen) atoms. The van der Waals surface area contributed by atoms with Gasteiger partial charge in [0, 0.05) is 5.69 Å². The molecule has 1 aromatic heterocycles. The number of benzene rings is 2. The molecule has 0 aliphatic heterocycles. The summed E-state index contributed by atoms with van der Waals surface area (Å²) in [4.78, 5) is 26.4. The van der Waals surface area contributed by atoms with Gasteiger partial charge in [-0.05, 0) is 36.5 Å². The van der Waals surface area contributed by atoms with E-state index in [9.17, 15) is 9.59 Å². The fourth-order valence-corrected chi connectivity index (χ4v) is 2.63. The van der Waals surface area contributed by atoms with Gasteiger partial charge in [-0.2, -0.15) is 0 Å². The van der Waals surface area contributed by atoms with Crippen LogP contribution in [0.5, 0.6) is 0 Å². The molecule has 0 bridgehead atoms. The lowest BCUT2D eigenvalue weighted by Gasteiger charge is -2.14. The highest BCUT2D eigenvalue weighted by Gasteiger charge is 2.11. The van der Waals surface area contributed by atoms with E-state index in [2.05, 4.69) is 15.7 Å². The number of nitrogens with zero attached hydrogens (tertiary/aromatic N) is 1. The van der Waals surface area contributed by atoms with Crippen LogP contribution < -0.4 is 21.9 Å². The van der Waals surface area contributed by atoms with E-state index in [-0.39, 0.29) is 15.2 Å². The molecule has 3 aromatic rings. The third-order valence-electron chi connectivity index (χ3n) is 3.17.